The zero-order valence-corrected chi connectivity index (χ0v) is 22.9. The second-order valence-electron chi connectivity index (χ2n) is 11.5. The smallest absolute Gasteiger partial charge is 0.255 e. The van der Waals surface area contributed by atoms with Crippen molar-refractivity contribution in [3.63, 3.8) is 0 Å². The number of nitrogens with two attached hydrogens (primary N) is 1. The van der Waals surface area contributed by atoms with Gasteiger partial charge in [0.05, 0.1) is 11.6 Å². The monoisotopic (exact) mass is 540 g/mol. The minimum absolute atomic E-state index is 0.0491. The van der Waals surface area contributed by atoms with E-state index in [-0.39, 0.29) is 35.8 Å². The summed E-state index contributed by atoms with van der Waals surface area (Å²) >= 11 is 0. The molecule has 3 aliphatic carbocycles. The van der Waals surface area contributed by atoms with E-state index >= 15 is 0 Å². The number of hydrogen-bond donors (Lipinski definition) is 5. The van der Waals surface area contributed by atoms with Crippen molar-refractivity contribution in [3.8, 4) is 5.75 Å². The molecule has 4 aliphatic rings. The van der Waals surface area contributed by atoms with Crippen LogP contribution in [0.2, 0.25) is 0 Å². The number of aliphatic hydroxyl groups excluding tert-OH is 2. The number of aromatic hydroxyl groups is 1. The number of primary amides is 1. The zero-order valence-electron chi connectivity index (χ0n) is 22.9. The first-order valence-corrected chi connectivity index (χ1v) is 13.2. The van der Waals surface area contributed by atoms with Crippen LogP contribution in [0.15, 0.2) is 23.0 Å². The van der Waals surface area contributed by atoms with Crippen LogP contribution in [-0.2, 0) is 20.8 Å². The summed E-state index contributed by atoms with van der Waals surface area (Å²) < 4.78 is 0. The van der Waals surface area contributed by atoms with Gasteiger partial charge in [0.15, 0.2) is 11.4 Å². The van der Waals surface area contributed by atoms with Crippen LogP contribution in [0.4, 0.5) is 5.69 Å². The highest BCUT2D eigenvalue weighted by atomic mass is 16.3. The highest BCUT2D eigenvalue weighted by molar-refractivity contribution is 6.24. The summed E-state index contributed by atoms with van der Waals surface area (Å²) in [7, 11) is 7.12. The molecule has 1 saturated carbocycles. The maximum atomic E-state index is 14.0. The number of carbonyl (C=O) groups excluding carboxylic acids is 3. The summed E-state index contributed by atoms with van der Waals surface area (Å²) in [6.45, 7) is 3.52. The Morgan fingerprint density at radius 3 is 2.38 bits per heavy atom. The summed E-state index contributed by atoms with van der Waals surface area (Å²) in [6.07, 6.45) is 1.21. The number of aliphatic hydroxyl groups is 3. The number of likely N-dealkylation sites (N-methyl/N-ethyl adjacent to an activating group) is 1. The molecule has 0 spiro atoms. The van der Waals surface area contributed by atoms with E-state index in [9.17, 15) is 34.8 Å². The van der Waals surface area contributed by atoms with E-state index in [2.05, 4.69) is 9.80 Å². The number of ketones is 2. The Labute approximate surface area is 226 Å². The first kappa shape index (κ1) is 27.2. The third-order valence-electron chi connectivity index (χ3n) is 9.08. The van der Waals surface area contributed by atoms with Gasteiger partial charge in [-0.15, -0.1) is 0 Å². The van der Waals surface area contributed by atoms with Crippen molar-refractivity contribution in [2.75, 3.05) is 46.2 Å². The Morgan fingerprint density at radius 1 is 1.15 bits per heavy atom. The van der Waals surface area contributed by atoms with Crippen LogP contribution >= 0.6 is 0 Å². The van der Waals surface area contributed by atoms with Crippen molar-refractivity contribution in [2.24, 2.45) is 17.6 Å². The fraction of sp³-hybridized carbons (Fsp3) is 0.536. The molecule has 5 atom stereocenters. The van der Waals surface area contributed by atoms with Gasteiger partial charge < -0.3 is 36.0 Å². The van der Waals surface area contributed by atoms with E-state index in [1.165, 1.54) is 4.90 Å². The molecule has 1 heterocycles. The molecule has 11 heteroatoms. The topological polar surface area (TPSA) is 168 Å². The van der Waals surface area contributed by atoms with Crippen LogP contribution in [-0.4, -0.2) is 101 Å². The fourth-order valence-electron chi connectivity index (χ4n) is 7.36. The second-order valence-corrected chi connectivity index (χ2v) is 11.5. The third kappa shape index (κ3) is 3.56. The Kier molecular flexibility index (Phi) is 6.32. The van der Waals surface area contributed by atoms with E-state index in [0.29, 0.717) is 12.1 Å². The molecular weight excluding hydrogens is 504 g/mol. The molecule has 1 unspecified atom stereocenters. The molecule has 5 rings (SSSR count). The summed E-state index contributed by atoms with van der Waals surface area (Å²) in [6, 6.07) is 0.575. The molecule has 1 fully saturated rings. The van der Waals surface area contributed by atoms with Crippen LogP contribution < -0.4 is 10.6 Å². The zero-order chi connectivity index (χ0) is 28.7. The Balaban J connectivity index is 1.75. The summed E-state index contributed by atoms with van der Waals surface area (Å²) in [5.41, 5.74) is 4.47. The van der Waals surface area contributed by atoms with Gasteiger partial charge in [0.2, 0.25) is 5.78 Å². The van der Waals surface area contributed by atoms with E-state index in [1.54, 1.807) is 20.2 Å². The molecular formula is C28H36N4O7. The average Bonchev–Trinajstić information content (AvgIpc) is 2.84. The first-order chi connectivity index (χ1) is 18.3. The molecule has 6 N–H and O–H groups in total. The molecule has 11 nitrogen and oxygen atoms in total. The number of hydrogen-bond acceptors (Lipinski definition) is 10. The standard InChI is InChI=1S/C28H36N4O7/c1-6-32-8-7-16(30(2)3)13-11-17(33)19-14(21(13)32)9-12-10-15-22(31(4)5)24(35)20(27(29)38)26(37)28(15,39)25(36)18(12)23(19)34/h11-12,15-16,22,33-34,37,39H,6-10H2,1-5H3,(H2,29,38)/t12-,15-,16?,22+,28+/m1/s1. The molecule has 1 aromatic rings. The van der Waals surface area contributed by atoms with Gasteiger partial charge in [-0.3, -0.25) is 19.3 Å². The number of amides is 1. The van der Waals surface area contributed by atoms with Gasteiger partial charge in [-0.25, -0.2) is 0 Å². The predicted octanol–water partition coefficient (Wildman–Crippen LogP) is 0.797. The van der Waals surface area contributed by atoms with Crippen LogP contribution in [0.3, 0.4) is 0 Å². The van der Waals surface area contributed by atoms with Gasteiger partial charge in [0.25, 0.3) is 5.91 Å². The summed E-state index contributed by atoms with van der Waals surface area (Å²) in [5, 5.41) is 45.4. The molecule has 0 aromatic heterocycles. The molecule has 0 saturated heterocycles. The molecule has 1 aliphatic heterocycles. The maximum Gasteiger partial charge on any atom is 0.255 e. The average molecular weight is 541 g/mol. The third-order valence-corrected chi connectivity index (χ3v) is 9.08. The van der Waals surface area contributed by atoms with Gasteiger partial charge in [-0.2, -0.15) is 0 Å². The highest BCUT2D eigenvalue weighted by Gasteiger charge is 2.64. The number of anilines is 1. The van der Waals surface area contributed by atoms with Gasteiger partial charge in [0, 0.05) is 36.3 Å². The SMILES string of the molecule is CCN1CCC(N(C)C)c2cc(O)c3c(c21)C[C@@H]1C[C@@H]2[C@H](N(C)C)C(=O)C(C(N)=O)=C(O)[C@@]2(O)C(=O)C1=C3O. The van der Waals surface area contributed by atoms with Gasteiger partial charge in [-0.1, -0.05) is 0 Å². The predicted molar refractivity (Wildman–Crippen MR) is 143 cm³/mol. The van der Waals surface area contributed by atoms with Gasteiger partial charge in [-0.05, 0) is 77.5 Å². The quantitative estimate of drug-likeness (QED) is 0.345. The van der Waals surface area contributed by atoms with Gasteiger partial charge >= 0.3 is 0 Å². The Bertz CT molecular complexity index is 1360. The summed E-state index contributed by atoms with van der Waals surface area (Å²) in [4.78, 5) is 45.2. The molecule has 1 aromatic carbocycles. The second kappa shape index (κ2) is 9.07. The molecule has 39 heavy (non-hydrogen) atoms. The molecule has 210 valence electrons. The van der Waals surface area contributed by atoms with Crippen molar-refractivity contribution in [1.29, 1.82) is 0 Å². The summed E-state index contributed by atoms with van der Waals surface area (Å²) in [5.74, 6) is -6.44. The van der Waals surface area contributed by atoms with Crippen molar-refractivity contribution in [3.05, 3.63) is 39.7 Å². The molecule has 1 amide bonds. The van der Waals surface area contributed by atoms with Gasteiger partial charge in [0.1, 0.15) is 22.8 Å². The number of rotatable bonds is 4. The normalized spacial score (nSPS) is 30.4. The fourth-order valence-corrected chi connectivity index (χ4v) is 7.36. The van der Waals surface area contributed by atoms with Crippen molar-refractivity contribution in [1.82, 2.24) is 9.80 Å². The van der Waals surface area contributed by atoms with Crippen LogP contribution in [0.1, 0.15) is 42.5 Å². The van der Waals surface area contributed by atoms with Crippen LogP contribution in [0.25, 0.3) is 5.76 Å². The van der Waals surface area contributed by atoms with Crippen molar-refractivity contribution >= 4 is 28.9 Å². The number of phenols is 1. The minimum atomic E-state index is -2.64. The Morgan fingerprint density at radius 2 is 1.82 bits per heavy atom. The van der Waals surface area contributed by atoms with Crippen molar-refractivity contribution < 1.29 is 34.8 Å². The van der Waals surface area contributed by atoms with E-state index < -0.39 is 58.0 Å². The molecule has 0 radical (unpaired) electrons. The number of benzene rings is 1. The van der Waals surface area contributed by atoms with Crippen LogP contribution in [0.5, 0.6) is 5.75 Å². The number of Topliss-reactive ketones (excluding diaryl/α,β-unsaturated/α-hetero) is 2. The lowest BCUT2D eigenvalue weighted by Gasteiger charge is -2.50. The maximum absolute atomic E-state index is 14.0. The molecule has 0 bridgehead atoms. The lowest BCUT2D eigenvalue weighted by molar-refractivity contribution is -0.153. The number of fused-ring (bicyclic) bond motifs is 5. The highest BCUT2D eigenvalue weighted by Crippen LogP contribution is 2.55. The van der Waals surface area contributed by atoms with E-state index in [4.69, 9.17) is 5.73 Å². The number of phenolic OH excluding ortho intramolecular Hbond substituents is 1. The van der Waals surface area contributed by atoms with E-state index in [0.717, 1.165) is 24.2 Å². The van der Waals surface area contributed by atoms with Crippen molar-refractivity contribution in [2.45, 2.75) is 43.9 Å². The van der Waals surface area contributed by atoms with E-state index in [1.807, 2.05) is 21.0 Å². The van der Waals surface area contributed by atoms with Crippen LogP contribution in [0, 0.1) is 11.8 Å². The largest absolute Gasteiger partial charge is 0.508 e. The minimum Gasteiger partial charge on any atom is -0.508 e. The lowest BCUT2D eigenvalue weighted by atomic mass is 9.57. The Hall–Kier alpha value is -3.41. The lowest BCUT2D eigenvalue weighted by Crippen LogP contribution is -2.65. The number of nitrogens with zero attached hydrogens (tertiary/aromatic N) is 3. The first-order valence-electron chi connectivity index (χ1n) is 13.2. The number of carbonyl (C=O) groups is 3.